The van der Waals surface area contributed by atoms with Gasteiger partial charge in [-0.25, -0.2) is 4.98 Å². The number of amides is 3. The summed E-state index contributed by atoms with van der Waals surface area (Å²) < 4.78 is 0. The molecule has 0 saturated carbocycles. The Morgan fingerprint density at radius 1 is 0.894 bits per heavy atom. The second kappa shape index (κ2) is 15.1. The molecule has 1 aromatic heterocycles. The van der Waals surface area contributed by atoms with Crippen LogP contribution in [0.5, 0.6) is 0 Å². The molecule has 3 N–H and O–H groups in total. The maximum absolute atomic E-state index is 13.3. The van der Waals surface area contributed by atoms with Crippen molar-refractivity contribution in [3.63, 3.8) is 0 Å². The molecule has 4 aromatic carbocycles. The number of non-ortho nitro benzene ring substituents is 1. The van der Waals surface area contributed by atoms with Crippen LogP contribution >= 0.6 is 23.1 Å². The number of rotatable bonds is 11. The molecule has 0 aliphatic heterocycles. The third kappa shape index (κ3) is 9.00. The van der Waals surface area contributed by atoms with Crippen molar-refractivity contribution in [3.05, 3.63) is 141 Å². The molecular weight excluding hydrogens is 635 g/mol. The number of benzene rings is 4. The first-order valence-corrected chi connectivity index (χ1v) is 16.1. The lowest BCUT2D eigenvalue weighted by molar-refractivity contribution is -0.384. The zero-order valence-electron chi connectivity index (χ0n) is 25.3. The molecule has 0 bridgehead atoms. The maximum atomic E-state index is 13.3. The van der Waals surface area contributed by atoms with Crippen LogP contribution in [0.2, 0.25) is 0 Å². The molecule has 0 spiro atoms. The van der Waals surface area contributed by atoms with E-state index in [1.807, 2.05) is 36.6 Å². The fraction of sp³-hybridized carbons (Fsp3) is 0.0857. The second-order valence-electron chi connectivity index (χ2n) is 10.4. The minimum atomic E-state index is -0.589. The molecule has 1 unspecified atom stereocenters. The predicted octanol–water partition coefficient (Wildman–Crippen LogP) is 7.56. The molecule has 10 nitrogen and oxygen atoms in total. The largest absolute Gasteiger partial charge is 0.321 e. The van der Waals surface area contributed by atoms with Crippen molar-refractivity contribution >= 4 is 63.4 Å². The molecular formula is C35H29N5O5S2. The third-order valence-electron chi connectivity index (χ3n) is 6.82. The van der Waals surface area contributed by atoms with E-state index in [1.54, 1.807) is 61.5 Å². The summed E-state index contributed by atoms with van der Waals surface area (Å²) in [4.78, 5) is 55.0. The average Bonchev–Trinajstić information content (AvgIpc) is 3.54. The summed E-state index contributed by atoms with van der Waals surface area (Å²) in [6, 6.07) is 29.0. The second-order valence-corrected chi connectivity index (χ2v) is 12.6. The molecule has 5 aromatic rings. The first-order valence-electron chi connectivity index (χ1n) is 14.4. The van der Waals surface area contributed by atoms with Crippen molar-refractivity contribution in [2.45, 2.75) is 24.0 Å². The van der Waals surface area contributed by atoms with Gasteiger partial charge in [-0.3, -0.25) is 24.5 Å². The molecule has 0 radical (unpaired) electrons. The fourth-order valence-corrected chi connectivity index (χ4v) is 5.86. The van der Waals surface area contributed by atoms with Crippen LogP contribution in [-0.4, -0.2) is 32.9 Å². The number of carbonyl (C=O) groups is 3. The number of anilines is 2. The lowest BCUT2D eigenvalue weighted by atomic mass is 10.1. The highest BCUT2D eigenvalue weighted by Gasteiger charge is 2.18. The van der Waals surface area contributed by atoms with Gasteiger partial charge in [-0.15, -0.1) is 23.1 Å². The first kappa shape index (κ1) is 32.8. The standard InChI is InChI=1S/C35H29N5O5S2/c1-22-8-12-25(13-9-22)31-21-46-35(38-31)39-32(41)23(2)47-29-18-14-27(15-19-29)36-34(43)30(37-33(42)26-6-4-3-5-7-26)20-24-10-16-28(17-11-24)40(44)45/h3-21,23H,1-2H3,(H,36,43)(H,37,42)(H,38,39,41)/b30-20-. The summed E-state index contributed by atoms with van der Waals surface area (Å²) in [5.74, 6) is -1.27. The number of thioether (sulfide) groups is 1. The highest BCUT2D eigenvalue weighted by Crippen LogP contribution is 2.28. The van der Waals surface area contributed by atoms with E-state index < -0.39 is 22.0 Å². The molecule has 0 aliphatic rings. The van der Waals surface area contributed by atoms with E-state index in [2.05, 4.69) is 20.9 Å². The fourth-order valence-electron chi connectivity index (χ4n) is 4.27. The van der Waals surface area contributed by atoms with Crippen molar-refractivity contribution in [1.82, 2.24) is 10.3 Å². The Labute approximate surface area is 279 Å². The number of nitrogens with one attached hydrogen (secondary N) is 3. The van der Waals surface area contributed by atoms with Crippen LogP contribution in [-0.2, 0) is 9.59 Å². The van der Waals surface area contributed by atoms with Gasteiger partial charge in [0, 0.05) is 39.2 Å². The van der Waals surface area contributed by atoms with E-state index in [1.165, 1.54) is 53.4 Å². The molecule has 3 amide bonds. The SMILES string of the molecule is Cc1ccc(-c2csc(NC(=O)C(C)Sc3ccc(NC(=O)/C(=C/c4ccc([N+](=O)[O-])cc4)NC(=O)c4ccccc4)cc3)n2)cc1. The molecule has 1 heterocycles. The summed E-state index contributed by atoms with van der Waals surface area (Å²) in [5.41, 5.74) is 4.10. The first-order chi connectivity index (χ1) is 22.6. The molecule has 1 atom stereocenters. The number of nitro benzene ring substituents is 1. The van der Waals surface area contributed by atoms with Gasteiger partial charge in [-0.05, 0) is 74.0 Å². The summed E-state index contributed by atoms with van der Waals surface area (Å²) in [7, 11) is 0. The van der Waals surface area contributed by atoms with Crippen molar-refractivity contribution in [2.24, 2.45) is 0 Å². The number of thiazole rings is 1. The van der Waals surface area contributed by atoms with Crippen LogP contribution in [0, 0.1) is 17.0 Å². The number of hydrogen-bond acceptors (Lipinski definition) is 8. The number of carbonyl (C=O) groups excluding carboxylic acids is 3. The van der Waals surface area contributed by atoms with Crippen LogP contribution in [0.3, 0.4) is 0 Å². The van der Waals surface area contributed by atoms with Crippen LogP contribution in [0.4, 0.5) is 16.5 Å². The van der Waals surface area contributed by atoms with E-state index in [0.717, 1.165) is 21.7 Å². The van der Waals surface area contributed by atoms with Gasteiger partial charge in [0.25, 0.3) is 17.5 Å². The van der Waals surface area contributed by atoms with E-state index in [9.17, 15) is 24.5 Å². The molecule has 5 rings (SSSR count). The van der Waals surface area contributed by atoms with Gasteiger partial charge >= 0.3 is 0 Å². The number of nitro groups is 1. The molecule has 236 valence electrons. The minimum absolute atomic E-state index is 0.0517. The number of aromatic nitrogens is 1. The smallest absolute Gasteiger partial charge is 0.272 e. The topological polar surface area (TPSA) is 143 Å². The predicted molar refractivity (Wildman–Crippen MR) is 186 cm³/mol. The Hall–Kier alpha value is -5.59. The van der Waals surface area contributed by atoms with Gasteiger partial charge in [0.2, 0.25) is 5.91 Å². The lowest BCUT2D eigenvalue weighted by Crippen LogP contribution is -2.30. The highest BCUT2D eigenvalue weighted by atomic mass is 32.2. The molecule has 0 saturated heterocycles. The van der Waals surface area contributed by atoms with Crippen LogP contribution in [0.25, 0.3) is 17.3 Å². The summed E-state index contributed by atoms with van der Waals surface area (Å²) in [5, 5.41) is 21.4. The average molecular weight is 664 g/mol. The Bertz CT molecular complexity index is 1920. The summed E-state index contributed by atoms with van der Waals surface area (Å²) in [6.07, 6.45) is 1.44. The molecule has 0 aliphatic carbocycles. The van der Waals surface area contributed by atoms with Crippen molar-refractivity contribution in [2.75, 3.05) is 10.6 Å². The number of aryl methyl sites for hydroxylation is 1. The number of hydrogen-bond donors (Lipinski definition) is 3. The Kier molecular flexibility index (Phi) is 10.6. The monoisotopic (exact) mass is 663 g/mol. The van der Waals surface area contributed by atoms with E-state index >= 15 is 0 Å². The minimum Gasteiger partial charge on any atom is -0.321 e. The van der Waals surface area contributed by atoms with Crippen molar-refractivity contribution < 1.29 is 19.3 Å². The third-order valence-corrected chi connectivity index (χ3v) is 8.69. The van der Waals surface area contributed by atoms with Gasteiger partial charge < -0.3 is 16.0 Å². The normalized spacial score (nSPS) is 11.7. The quantitative estimate of drug-likeness (QED) is 0.0573. The van der Waals surface area contributed by atoms with Crippen LogP contribution in [0.1, 0.15) is 28.4 Å². The van der Waals surface area contributed by atoms with E-state index in [4.69, 9.17) is 0 Å². The summed E-state index contributed by atoms with van der Waals surface area (Å²) in [6.45, 7) is 3.82. The zero-order valence-corrected chi connectivity index (χ0v) is 26.9. The van der Waals surface area contributed by atoms with Crippen LogP contribution in [0.15, 0.2) is 119 Å². The van der Waals surface area contributed by atoms with Crippen LogP contribution < -0.4 is 16.0 Å². The number of nitrogens with zero attached hydrogens (tertiary/aromatic N) is 2. The lowest BCUT2D eigenvalue weighted by Gasteiger charge is -2.13. The maximum Gasteiger partial charge on any atom is 0.272 e. The van der Waals surface area contributed by atoms with E-state index in [-0.39, 0.29) is 17.3 Å². The van der Waals surface area contributed by atoms with Crippen molar-refractivity contribution in [1.29, 1.82) is 0 Å². The zero-order chi connectivity index (χ0) is 33.3. The summed E-state index contributed by atoms with van der Waals surface area (Å²) >= 11 is 2.72. The highest BCUT2D eigenvalue weighted by molar-refractivity contribution is 8.00. The van der Waals surface area contributed by atoms with Gasteiger partial charge in [-0.1, -0.05) is 48.0 Å². The van der Waals surface area contributed by atoms with E-state index in [0.29, 0.717) is 21.9 Å². The molecule has 0 fully saturated rings. The Morgan fingerprint density at radius 3 is 2.23 bits per heavy atom. The molecule has 12 heteroatoms. The Balaban J connectivity index is 1.22. The molecule has 47 heavy (non-hydrogen) atoms. The van der Waals surface area contributed by atoms with Gasteiger partial charge in [0.1, 0.15) is 5.70 Å². The van der Waals surface area contributed by atoms with Gasteiger partial charge in [-0.2, -0.15) is 0 Å². The van der Waals surface area contributed by atoms with Gasteiger partial charge in [0.05, 0.1) is 15.9 Å². The van der Waals surface area contributed by atoms with Crippen molar-refractivity contribution in [3.8, 4) is 11.3 Å². The Morgan fingerprint density at radius 2 is 1.57 bits per heavy atom. The van der Waals surface area contributed by atoms with Gasteiger partial charge in [0.15, 0.2) is 5.13 Å².